The van der Waals surface area contributed by atoms with Crippen molar-refractivity contribution in [1.29, 1.82) is 0 Å². The van der Waals surface area contributed by atoms with Crippen molar-refractivity contribution in [3.63, 3.8) is 0 Å². The molecule has 3 nitrogen and oxygen atoms in total. The van der Waals surface area contributed by atoms with Gasteiger partial charge in [0.15, 0.2) is 0 Å². The second-order valence-corrected chi connectivity index (χ2v) is 3.74. The van der Waals surface area contributed by atoms with Crippen molar-refractivity contribution in [2.75, 3.05) is 0 Å². The van der Waals surface area contributed by atoms with Crippen LogP contribution in [0.4, 0.5) is 0 Å². The third-order valence-electron chi connectivity index (χ3n) is 1.67. The predicted molar refractivity (Wildman–Crippen MR) is 56.0 cm³/mol. The first-order valence-corrected chi connectivity index (χ1v) is 4.70. The molecule has 0 aliphatic heterocycles. The first-order valence-electron chi connectivity index (χ1n) is 3.57. The highest BCUT2D eigenvalue weighted by Crippen LogP contribution is 2.34. The summed E-state index contributed by atoms with van der Waals surface area (Å²) in [5.74, 6) is -1.18. The van der Waals surface area contributed by atoms with Gasteiger partial charge in [-0.25, -0.2) is 0 Å². The van der Waals surface area contributed by atoms with Gasteiger partial charge in [-0.3, -0.25) is 4.79 Å². The number of aliphatic carboxylic acids is 1. The van der Waals surface area contributed by atoms with E-state index in [9.17, 15) is 4.79 Å². The van der Waals surface area contributed by atoms with Crippen LogP contribution in [0.5, 0.6) is 0 Å². The SMILES string of the molecule is NC(C(=O)O)c1ccc(Cl)c(Cl)c1Cl. The number of halogens is 3. The molecule has 0 saturated heterocycles. The van der Waals surface area contributed by atoms with Crippen LogP contribution in [0.3, 0.4) is 0 Å². The van der Waals surface area contributed by atoms with Crippen molar-refractivity contribution in [2.24, 2.45) is 5.73 Å². The summed E-state index contributed by atoms with van der Waals surface area (Å²) in [4.78, 5) is 10.6. The highest BCUT2D eigenvalue weighted by Gasteiger charge is 2.19. The molecule has 1 atom stereocenters. The van der Waals surface area contributed by atoms with Gasteiger partial charge in [-0.2, -0.15) is 0 Å². The van der Waals surface area contributed by atoms with Crippen LogP contribution in [0, 0.1) is 0 Å². The van der Waals surface area contributed by atoms with Crippen LogP contribution in [0.15, 0.2) is 12.1 Å². The topological polar surface area (TPSA) is 63.3 Å². The predicted octanol–water partition coefficient (Wildman–Crippen LogP) is 2.73. The van der Waals surface area contributed by atoms with Crippen LogP contribution >= 0.6 is 34.8 Å². The van der Waals surface area contributed by atoms with Gasteiger partial charge in [0.1, 0.15) is 6.04 Å². The Morgan fingerprint density at radius 1 is 1.29 bits per heavy atom. The molecule has 1 rings (SSSR count). The molecule has 0 bridgehead atoms. The number of nitrogens with two attached hydrogens (primary N) is 1. The number of carboxylic acids is 1. The fourth-order valence-electron chi connectivity index (χ4n) is 0.914. The molecule has 1 aromatic carbocycles. The average Bonchev–Trinajstić information content (AvgIpc) is 2.13. The summed E-state index contributed by atoms with van der Waals surface area (Å²) in [7, 11) is 0. The van der Waals surface area contributed by atoms with E-state index >= 15 is 0 Å². The van der Waals surface area contributed by atoms with Gasteiger partial charge in [0.05, 0.1) is 15.1 Å². The standard InChI is InChI=1S/C8H6Cl3NO2/c9-4-2-1-3(5(10)6(4)11)7(12)8(13)14/h1-2,7H,12H2,(H,13,14). The minimum absolute atomic E-state index is 0.0778. The first kappa shape index (κ1) is 11.6. The summed E-state index contributed by atoms with van der Waals surface area (Å²) in [6, 6.07) is 1.70. The lowest BCUT2D eigenvalue weighted by Crippen LogP contribution is -2.21. The number of benzene rings is 1. The fourth-order valence-corrected chi connectivity index (χ4v) is 1.57. The van der Waals surface area contributed by atoms with Crippen LogP contribution in [0.1, 0.15) is 11.6 Å². The quantitative estimate of drug-likeness (QED) is 0.798. The number of hydrogen-bond acceptors (Lipinski definition) is 2. The molecule has 6 heteroatoms. The van der Waals surface area contributed by atoms with E-state index in [4.69, 9.17) is 45.6 Å². The third kappa shape index (κ3) is 2.12. The molecule has 1 aromatic rings. The number of hydrogen-bond donors (Lipinski definition) is 2. The maximum atomic E-state index is 10.6. The molecule has 0 aliphatic carbocycles. The summed E-state index contributed by atoms with van der Waals surface area (Å²) in [5.41, 5.74) is 5.62. The van der Waals surface area contributed by atoms with Crippen LogP contribution < -0.4 is 5.73 Å². The molecular formula is C8H6Cl3NO2. The summed E-state index contributed by atoms with van der Waals surface area (Å²) in [6.07, 6.45) is 0. The zero-order valence-electron chi connectivity index (χ0n) is 6.80. The Morgan fingerprint density at radius 2 is 1.86 bits per heavy atom. The Labute approximate surface area is 95.4 Å². The molecule has 0 spiro atoms. The van der Waals surface area contributed by atoms with Gasteiger partial charge in [-0.1, -0.05) is 40.9 Å². The minimum atomic E-state index is -1.20. The molecule has 0 fully saturated rings. The van der Waals surface area contributed by atoms with Crippen molar-refractivity contribution in [1.82, 2.24) is 0 Å². The Bertz CT molecular complexity index is 381. The molecular weight excluding hydrogens is 248 g/mol. The zero-order valence-corrected chi connectivity index (χ0v) is 9.07. The monoisotopic (exact) mass is 253 g/mol. The van der Waals surface area contributed by atoms with E-state index in [-0.39, 0.29) is 20.6 Å². The molecule has 3 N–H and O–H groups in total. The summed E-state index contributed by atoms with van der Waals surface area (Å²) in [6.45, 7) is 0. The Morgan fingerprint density at radius 3 is 2.36 bits per heavy atom. The molecule has 0 aliphatic rings. The number of rotatable bonds is 2. The van der Waals surface area contributed by atoms with Gasteiger partial charge in [0.25, 0.3) is 0 Å². The van der Waals surface area contributed by atoms with Crippen molar-refractivity contribution in [3.05, 3.63) is 32.8 Å². The first-order chi connectivity index (χ1) is 6.45. The average molecular weight is 254 g/mol. The highest BCUT2D eigenvalue weighted by atomic mass is 35.5. The van der Waals surface area contributed by atoms with Crippen molar-refractivity contribution in [3.8, 4) is 0 Å². The summed E-state index contributed by atoms with van der Waals surface area (Å²) in [5, 5.41) is 9.11. The van der Waals surface area contributed by atoms with Gasteiger partial charge in [-0.15, -0.1) is 0 Å². The lowest BCUT2D eigenvalue weighted by atomic mass is 10.1. The third-order valence-corrected chi connectivity index (χ3v) is 2.97. The van der Waals surface area contributed by atoms with E-state index < -0.39 is 12.0 Å². The van der Waals surface area contributed by atoms with Crippen LogP contribution in [0.2, 0.25) is 15.1 Å². The van der Waals surface area contributed by atoms with Gasteiger partial charge < -0.3 is 10.8 Å². The summed E-state index contributed by atoms with van der Waals surface area (Å²) < 4.78 is 0. The van der Waals surface area contributed by atoms with Gasteiger partial charge >= 0.3 is 5.97 Å². The van der Waals surface area contributed by atoms with Crippen molar-refractivity contribution < 1.29 is 9.90 Å². The highest BCUT2D eigenvalue weighted by molar-refractivity contribution is 6.48. The molecule has 14 heavy (non-hydrogen) atoms. The van der Waals surface area contributed by atoms with E-state index in [1.165, 1.54) is 12.1 Å². The van der Waals surface area contributed by atoms with Gasteiger partial charge in [0, 0.05) is 5.56 Å². The number of carbonyl (C=O) groups is 1. The lowest BCUT2D eigenvalue weighted by Gasteiger charge is -2.10. The van der Waals surface area contributed by atoms with E-state index in [0.717, 1.165) is 0 Å². The largest absolute Gasteiger partial charge is 0.480 e. The van der Waals surface area contributed by atoms with E-state index in [0.29, 0.717) is 0 Å². The summed E-state index contributed by atoms with van der Waals surface area (Å²) >= 11 is 17.2. The van der Waals surface area contributed by atoms with Crippen LogP contribution in [0.25, 0.3) is 0 Å². The van der Waals surface area contributed by atoms with Crippen molar-refractivity contribution in [2.45, 2.75) is 6.04 Å². The van der Waals surface area contributed by atoms with E-state index in [2.05, 4.69) is 0 Å². The second kappa shape index (κ2) is 4.36. The Kier molecular flexibility index (Phi) is 3.61. The molecule has 0 saturated carbocycles. The molecule has 76 valence electrons. The zero-order chi connectivity index (χ0) is 10.9. The number of carboxylic acid groups (broad SMARTS) is 1. The molecule has 1 unspecified atom stereocenters. The van der Waals surface area contributed by atoms with Crippen molar-refractivity contribution >= 4 is 40.8 Å². The smallest absolute Gasteiger partial charge is 0.325 e. The van der Waals surface area contributed by atoms with E-state index in [1.807, 2.05) is 0 Å². The fraction of sp³-hybridized carbons (Fsp3) is 0.125. The Hall–Kier alpha value is -0.480. The maximum Gasteiger partial charge on any atom is 0.325 e. The second-order valence-electron chi connectivity index (χ2n) is 2.58. The van der Waals surface area contributed by atoms with Crippen LogP contribution in [-0.2, 0) is 4.79 Å². The normalized spacial score (nSPS) is 12.6. The Balaban J connectivity index is 3.24. The minimum Gasteiger partial charge on any atom is -0.480 e. The lowest BCUT2D eigenvalue weighted by molar-refractivity contribution is -0.138. The van der Waals surface area contributed by atoms with E-state index in [1.54, 1.807) is 0 Å². The molecule has 0 aromatic heterocycles. The molecule has 0 radical (unpaired) electrons. The van der Waals surface area contributed by atoms with Gasteiger partial charge in [0.2, 0.25) is 0 Å². The van der Waals surface area contributed by atoms with Gasteiger partial charge in [-0.05, 0) is 6.07 Å². The maximum absolute atomic E-state index is 10.6. The van der Waals surface area contributed by atoms with Crippen LogP contribution in [-0.4, -0.2) is 11.1 Å². The molecule has 0 amide bonds. The molecule has 0 heterocycles.